The fraction of sp³-hybridized carbons (Fsp3) is 1.00. The molecule has 0 heterocycles. The largest absolute Gasteiger partial charge is 0.353 e. The topological polar surface area (TPSA) is 107 Å². The van der Waals surface area contributed by atoms with Crippen molar-refractivity contribution in [1.29, 1.82) is 0 Å². The SMILES string of the molecule is CC(C)CC(O)(O)NCS(=O)(=O)O. The van der Waals surface area contributed by atoms with Crippen LogP contribution >= 0.6 is 0 Å². The van der Waals surface area contributed by atoms with Crippen molar-refractivity contribution in [2.45, 2.75) is 26.2 Å². The van der Waals surface area contributed by atoms with Crippen molar-refractivity contribution in [3.8, 4) is 0 Å². The van der Waals surface area contributed by atoms with Gasteiger partial charge in [0.25, 0.3) is 10.1 Å². The molecule has 0 aliphatic heterocycles. The van der Waals surface area contributed by atoms with Crippen LogP contribution in [0.5, 0.6) is 0 Å². The van der Waals surface area contributed by atoms with E-state index in [1.165, 1.54) is 0 Å². The van der Waals surface area contributed by atoms with Crippen LogP contribution in [-0.4, -0.2) is 35.0 Å². The van der Waals surface area contributed by atoms with E-state index in [-0.39, 0.29) is 12.3 Å². The van der Waals surface area contributed by atoms with Crippen LogP contribution in [0.25, 0.3) is 0 Å². The number of hydrogen-bond acceptors (Lipinski definition) is 5. The Bertz CT molecular complexity index is 246. The first-order valence-electron chi connectivity index (χ1n) is 3.77. The second-order valence-corrected chi connectivity index (χ2v) is 4.77. The zero-order chi connectivity index (χ0) is 10.7. The lowest BCUT2D eigenvalue weighted by atomic mass is 10.1. The van der Waals surface area contributed by atoms with Crippen molar-refractivity contribution < 1.29 is 23.2 Å². The van der Waals surface area contributed by atoms with Crippen molar-refractivity contribution in [3.05, 3.63) is 0 Å². The first kappa shape index (κ1) is 12.8. The lowest BCUT2D eigenvalue weighted by Gasteiger charge is -2.23. The molecule has 0 aromatic carbocycles. The molecule has 6 nitrogen and oxygen atoms in total. The highest BCUT2D eigenvalue weighted by Gasteiger charge is 2.25. The van der Waals surface area contributed by atoms with Crippen LogP contribution in [0.4, 0.5) is 0 Å². The Morgan fingerprint density at radius 2 is 1.85 bits per heavy atom. The van der Waals surface area contributed by atoms with E-state index in [1.54, 1.807) is 13.8 Å². The first-order chi connectivity index (χ1) is 5.62. The maximum atomic E-state index is 10.2. The summed E-state index contributed by atoms with van der Waals surface area (Å²) in [7, 11) is -4.22. The molecule has 0 fully saturated rings. The van der Waals surface area contributed by atoms with E-state index < -0.39 is 21.9 Å². The summed E-state index contributed by atoms with van der Waals surface area (Å²) < 4.78 is 28.8. The third-order valence-corrected chi connectivity index (χ3v) is 1.74. The average Bonchev–Trinajstić information content (AvgIpc) is 1.79. The average molecular weight is 213 g/mol. The second kappa shape index (κ2) is 4.34. The van der Waals surface area contributed by atoms with Gasteiger partial charge in [0.2, 0.25) is 5.91 Å². The summed E-state index contributed by atoms with van der Waals surface area (Å²) in [5.74, 6) is -3.15. The fourth-order valence-electron chi connectivity index (χ4n) is 0.848. The Hall–Kier alpha value is -0.210. The highest BCUT2D eigenvalue weighted by molar-refractivity contribution is 7.85. The molecule has 0 unspecified atom stereocenters. The Morgan fingerprint density at radius 3 is 2.15 bits per heavy atom. The van der Waals surface area contributed by atoms with E-state index >= 15 is 0 Å². The Balaban J connectivity index is 4.04. The molecule has 0 spiro atoms. The normalized spacial score (nSPS) is 13.7. The van der Waals surface area contributed by atoms with Crippen molar-refractivity contribution >= 4 is 10.1 Å². The molecule has 0 saturated heterocycles. The molecule has 4 N–H and O–H groups in total. The Morgan fingerprint density at radius 1 is 1.38 bits per heavy atom. The van der Waals surface area contributed by atoms with Crippen LogP contribution in [0.3, 0.4) is 0 Å². The van der Waals surface area contributed by atoms with Crippen LogP contribution in [-0.2, 0) is 10.1 Å². The van der Waals surface area contributed by atoms with Gasteiger partial charge in [0.1, 0.15) is 5.88 Å². The molecule has 0 atom stereocenters. The third-order valence-electron chi connectivity index (χ3n) is 1.23. The van der Waals surface area contributed by atoms with Crippen molar-refractivity contribution in [1.82, 2.24) is 5.32 Å². The smallest absolute Gasteiger partial charge is 0.278 e. The molecule has 0 aromatic rings. The van der Waals surface area contributed by atoms with Gasteiger partial charge in [-0.2, -0.15) is 8.42 Å². The minimum Gasteiger partial charge on any atom is -0.353 e. The van der Waals surface area contributed by atoms with Gasteiger partial charge in [-0.1, -0.05) is 13.8 Å². The monoisotopic (exact) mass is 213 g/mol. The molecule has 0 radical (unpaired) electrons. The van der Waals surface area contributed by atoms with E-state index in [4.69, 9.17) is 14.8 Å². The van der Waals surface area contributed by atoms with Crippen LogP contribution in [0.1, 0.15) is 20.3 Å². The number of hydrogen-bond donors (Lipinski definition) is 4. The minimum absolute atomic E-state index is 0.0103. The lowest BCUT2D eigenvalue weighted by molar-refractivity contribution is -0.192. The summed E-state index contributed by atoms with van der Waals surface area (Å²) in [6, 6.07) is 0. The van der Waals surface area contributed by atoms with Gasteiger partial charge in [-0.25, -0.2) is 0 Å². The van der Waals surface area contributed by atoms with E-state index in [0.29, 0.717) is 0 Å². The maximum Gasteiger partial charge on any atom is 0.278 e. The summed E-state index contributed by atoms with van der Waals surface area (Å²) in [5, 5.41) is 20.1. The van der Waals surface area contributed by atoms with Crippen molar-refractivity contribution in [2.75, 3.05) is 5.88 Å². The first-order valence-corrected chi connectivity index (χ1v) is 5.38. The number of nitrogens with one attached hydrogen (secondary N) is 1. The standard InChI is InChI=1S/C6H15NO5S/c1-5(2)3-6(8,9)7-4-13(10,11)12/h5,7-9H,3-4H2,1-2H3,(H,10,11,12). The maximum absolute atomic E-state index is 10.2. The third kappa shape index (κ3) is 8.13. The predicted molar refractivity (Wildman–Crippen MR) is 46.2 cm³/mol. The van der Waals surface area contributed by atoms with Crippen molar-refractivity contribution in [3.63, 3.8) is 0 Å². The highest BCUT2D eigenvalue weighted by atomic mass is 32.2. The molecule has 0 aromatic heterocycles. The molecular weight excluding hydrogens is 198 g/mol. The second-order valence-electron chi connectivity index (χ2n) is 3.32. The van der Waals surface area contributed by atoms with E-state index in [9.17, 15) is 8.42 Å². The number of rotatable bonds is 5. The van der Waals surface area contributed by atoms with Crippen LogP contribution in [0.15, 0.2) is 0 Å². The lowest BCUT2D eigenvalue weighted by Crippen LogP contribution is -2.48. The molecular formula is C6H15NO5S. The molecule has 0 aliphatic rings. The van der Waals surface area contributed by atoms with Gasteiger partial charge >= 0.3 is 0 Å². The number of aliphatic hydroxyl groups is 2. The van der Waals surface area contributed by atoms with E-state index in [1.807, 2.05) is 5.32 Å². The molecule has 0 saturated carbocycles. The molecule has 0 rings (SSSR count). The Kier molecular flexibility index (Phi) is 4.27. The molecule has 80 valence electrons. The quantitative estimate of drug-likeness (QED) is 0.348. The zero-order valence-corrected chi connectivity index (χ0v) is 8.37. The zero-order valence-electron chi connectivity index (χ0n) is 7.56. The van der Waals surface area contributed by atoms with E-state index in [2.05, 4.69) is 0 Å². The molecule has 0 amide bonds. The minimum atomic E-state index is -4.22. The van der Waals surface area contributed by atoms with Gasteiger partial charge < -0.3 is 10.2 Å². The summed E-state index contributed by atoms with van der Waals surface area (Å²) >= 11 is 0. The highest BCUT2D eigenvalue weighted by Crippen LogP contribution is 2.10. The van der Waals surface area contributed by atoms with Gasteiger partial charge in [0.15, 0.2) is 0 Å². The molecule has 7 heteroatoms. The summed E-state index contributed by atoms with van der Waals surface area (Å²) in [4.78, 5) is 0. The molecule has 0 bridgehead atoms. The van der Waals surface area contributed by atoms with Gasteiger partial charge in [-0.3, -0.25) is 9.87 Å². The van der Waals surface area contributed by atoms with Gasteiger partial charge in [-0.05, 0) is 5.92 Å². The molecule has 0 aliphatic carbocycles. The summed E-state index contributed by atoms with van der Waals surface area (Å²) in [6.07, 6.45) is -0.0253. The van der Waals surface area contributed by atoms with Crippen molar-refractivity contribution in [2.24, 2.45) is 5.92 Å². The predicted octanol–water partition coefficient (Wildman–Crippen LogP) is -0.894. The summed E-state index contributed by atoms with van der Waals surface area (Å²) in [5.41, 5.74) is 0. The van der Waals surface area contributed by atoms with Crippen LogP contribution in [0, 0.1) is 5.92 Å². The van der Waals surface area contributed by atoms with Gasteiger partial charge in [-0.15, -0.1) is 0 Å². The summed E-state index contributed by atoms with van der Waals surface area (Å²) in [6.45, 7) is 3.49. The van der Waals surface area contributed by atoms with E-state index in [0.717, 1.165) is 0 Å². The molecule has 13 heavy (non-hydrogen) atoms. The van der Waals surface area contributed by atoms with Gasteiger partial charge in [0.05, 0.1) is 0 Å². The Labute approximate surface area is 77.3 Å². The fourth-order valence-corrected chi connectivity index (χ4v) is 1.26. The van der Waals surface area contributed by atoms with Crippen LogP contribution in [0.2, 0.25) is 0 Å². The van der Waals surface area contributed by atoms with Crippen LogP contribution < -0.4 is 5.32 Å². The van der Waals surface area contributed by atoms with Gasteiger partial charge in [0, 0.05) is 6.42 Å².